The molecule has 0 radical (unpaired) electrons. The van der Waals surface area contributed by atoms with Gasteiger partial charge < -0.3 is 19.9 Å². The zero-order chi connectivity index (χ0) is 14.5. The number of halogens is 1. The van der Waals surface area contributed by atoms with Crippen molar-refractivity contribution in [2.24, 2.45) is 5.73 Å². The van der Waals surface area contributed by atoms with Crippen LogP contribution in [-0.4, -0.2) is 31.7 Å². The molecule has 1 aliphatic rings. The van der Waals surface area contributed by atoms with Gasteiger partial charge in [0.15, 0.2) is 11.5 Å². The van der Waals surface area contributed by atoms with Crippen LogP contribution >= 0.6 is 23.4 Å². The Balaban J connectivity index is 1.80. The minimum Gasteiger partial charge on any atom is -0.468 e. The molecule has 0 aromatic heterocycles. The number of carbonyl (C=O) groups excluding carboxylic acids is 1. The number of fused-ring (bicyclic) bond motifs is 1. The molecular formula is C13H16ClNO4S. The van der Waals surface area contributed by atoms with Gasteiger partial charge in [-0.3, -0.25) is 4.79 Å². The molecule has 0 saturated carbocycles. The molecule has 0 spiro atoms. The first-order valence-electron chi connectivity index (χ1n) is 6.11. The Kier molecular flexibility index (Phi) is 5.39. The molecule has 0 amide bonds. The average molecular weight is 318 g/mol. The zero-order valence-corrected chi connectivity index (χ0v) is 12.6. The van der Waals surface area contributed by atoms with Gasteiger partial charge in [-0.2, -0.15) is 11.8 Å². The predicted octanol–water partition coefficient (Wildman–Crippen LogP) is 2.19. The second-order valence-electron chi connectivity index (χ2n) is 4.28. The molecule has 20 heavy (non-hydrogen) atoms. The quantitative estimate of drug-likeness (QED) is 0.640. The summed E-state index contributed by atoms with van der Waals surface area (Å²) in [7, 11) is 1.34. The molecule has 5 nitrogen and oxygen atoms in total. The first kappa shape index (κ1) is 15.3. The van der Waals surface area contributed by atoms with Gasteiger partial charge >= 0.3 is 5.97 Å². The number of thioether (sulfide) groups is 1. The Hall–Kier alpha value is -1.11. The van der Waals surface area contributed by atoms with Gasteiger partial charge in [-0.1, -0.05) is 11.6 Å². The van der Waals surface area contributed by atoms with Crippen LogP contribution < -0.4 is 15.2 Å². The lowest BCUT2D eigenvalue weighted by Gasteiger charge is -2.09. The number of esters is 1. The molecular weight excluding hydrogens is 302 g/mol. The van der Waals surface area contributed by atoms with E-state index >= 15 is 0 Å². The number of hydrogen-bond donors (Lipinski definition) is 1. The molecule has 7 heteroatoms. The van der Waals surface area contributed by atoms with Gasteiger partial charge in [0, 0.05) is 5.75 Å². The Labute approximate surface area is 126 Å². The second kappa shape index (κ2) is 7.06. The highest BCUT2D eigenvalue weighted by molar-refractivity contribution is 7.98. The third-order valence-electron chi connectivity index (χ3n) is 2.83. The normalized spacial score (nSPS) is 14.2. The van der Waals surface area contributed by atoms with Crippen LogP contribution in [-0.2, 0) is 15.3 Å². The van der Waals surface area contributed by atoms with Crippen molar-refractivity contribution >= 4 is 29.3 Å². The van der Waals surface area contributed by atoms with Crippen molar-refractivity contribution in [1.29, 1.82) is 0 Å². The van der Waals surface area contributed by atoms with Crippen molar-refractivity contribution in [3.63, 3.8) is 0 Å². The van der Waals surface area contributed by atoms with Gasteiger partial charge in [0.25, 0.3) is 0 Å². The summed E-state index contributed by atoms with van der Waals surface area (Å²) in [6.07, 6.45) is 0.579. The lowest BCUT2D eigenvalue weighted by atomic mass is 10.2. The third kappa shape index (κ3) is 3.71. The van der Waals surface area contributed by atoms with Gasteiger partial charge in [0.05, 0.1) is 12.1 Å². The first-order chi connectivity index (χ1) is 9.61. The van der Waals surface area contributed by atoms with Crippen LogP contribution in [0.15, 0.2) is 12.1 Å². The first-order valence-corrected chi connectivity index (χ1v) is 7.64. The minimum atomic E-state index is -0.562. The number of hydrogen-bond acceptors (Lipinski definition) is 6. The van der Waals surface area contributed by atoms with Crippen LogP contribution in [0.3, 0.4) is 0 Å². The van der Waals surface area contributed by atoms with E-state index in [1.54, 1.807) is 11.8 Å². The lowest BCUT2D eigenvalue weighted by Crippen LogP contribution is -2.31. The van der Waals surface area contributed by atoms with E-state index in [2.05, 4.69) is 4.74 Å². The molecule has 0 aliphatic carbocycles. The summed E-state index contributed by atoms with van der Waals surface area (Å²) in [4.78, 5) is 11.1. The van der Waals surface area contributed by atoms with Crippen molar-refractivity contribution in [3.8, 4) is 11.5 Å². The van der Waals surface area contributed by atoms with E-state index in [0.29, 0.717) is 22.9 Å². The van der Waals surface area contributed by atoms with Gasteiger partial charge in [-0.25, -0.2) is 0 Å². The highest BCUT2D eigenvalue weighted by Gasteiger charge is 2.18. The predicted molar refractivity (Wildman–Crippen MR) is 78.3 cm³/mol. The highest BCUT2D eigenvalue weighted by atomic mass is 35.5. The molecule has 1 atom stereocenters. The number of ether oxygens (including phenoxy) is 3. The van der Waals surface area contributed by atoms with E-state index in [4.69, 9.17) is 26.8 Å². The summed E-state index contributed by atoms with van der Waals surface area (Å²) in [5.41, 5.74) is 6.71. The molecule has 2 rings (SSSR count). The monoisotopic (exact) mass is 317 g/mol. The summed E-state index contributed by atoms with van der Waals surface area (Å²) in [6, 6.07) is 3.22. The summed E-state index contributed by atoms with van der Waals surface area (Å²) in [5.74, 6) is 2.44. The molecule has 2 N–H and O–H groups in total. The molecule has 1 heterocycles. The SMILES string of the molecule is COC(=O)C(N)CCSCc1cc(Cl)c2c(c1)OCO2. The molecule has 0 fully saturated rings. The van der Waals surface area contributed by atoms with Gasteiger partial charge in [-0.05, 0) is 29.9 Å². The largest absolute Gasteiger partial charge is 0.468 e. The molecule has 1 aromatic carbocycles. The number of methoxy groups -OCH3 is 1. The summed E-state index contributed by atoms with van der Waals surface area (Å²) in [6.45, 7) is 0.208. The van der Waals surface area contributed by atoms with E-state index in [1.165, 1.54) is 7.11 Å². The molecule has 0 bridgehead atoms. The van der Waals surface area contributed by atoms with Crippen LogP contribution in [0, 0.1) is 0 Å². The number of benzene rings is 1. The van der Waals surface area contributed by atoms with Gasteiger partial charge in [0.2, 0.25) is 6.79 Å². The Morgan fingerprint density at radius 2 is 2.35 bits per heavy atom. The zero-order valence-electron chi connectivity index (χ0n) is 11.1. The van der Waals surface area contributed by atoms with Crippen LogP contribution in [0.5, 0.6) is 11.5 Å². The van der Waals surface area contributed by atoms with E-state index in [-0.39, 0.29) is 12.8 Å². The third-order valence-corrected chi connectivity index (χ3v) is 4.18. The van der Waals surface area contributed by atoms with Crippen LogP contribution in [0.2, 0.25) is 5.02 Å². The van der Waals surface area contributed by atoms with Crippen molar-refractivity contribution in [1.82, 2.24) is 0 Å². The smallest absolute Gasteiger partial charge is 0.322 e. The Bertz CT molecular complexity index is 498. The van der Waals surface area contributed by atoms with E-state index in [1.807, 2.05) is 12.1 Å². The summed E-state index contributed by atoms with van der Waals surface area (Å²) < 4.78 is 15.1. The standard InChI is InChI=1S/C13H16ClNO4S/c1-17-13(16)10(15)2-3-20-6-8-4-9(14)12-11(5-8)18-7-19-12/h4-5,10H,2-3,6-7,15H2,1H3. The summed E-state index contributed by atoms with van der Waals surface area (Å²) in [5, 5.41) is 0.557. The van der Waals surface area contributed by atoms with Crippen molar-refractivity contribution in [3.05, 3.63) is 22.7 Å². The minimum absolute atomic E-state index is 0.208. The maximum Gasteiger partial charge on any atom is 0.322 e. The molecule has 1 aromatic rings. The van der Waals surface area contributed by atoms with E-state index < -0.39 is 6.04 Å². The van der Waals surface area contributed by atoms with Gasteiger partial charge in [0.1, 0.15) is 6.04 Å². The van der Waals surface area contributed by atoms with Crippen molar-refractivity contribution in [2.75, 3.05) is 19.7 Å². The lowest BCUT2D eigenvalue weighted by molar-refractivity contribution is -0.142. The topological polar surface area (TPSA) is 70.8 Å². The van der Waals surface area contributed by atoms with Crippen LogP contribution in [0.1, 0.15) is 12.0 Å². The van der Waals surface area contributed by atoms with Crippen LogP contribution in [0.25, 0.3) is 0 Å². The fourth-order valence-corrected chi connectivity index (χ4v) is 3.03. The average Bonchev–Trinajstić information content (AvgIpc) is 2.91. The number of rotatable bonds is 6. The Morgan fingerprint density at radius 3 is 3.10 bits per heavy atom. The van der Waals surface area contributed by atoms with Crippen LogP contribution in [0.4, 0.5) is 0 Å². The fourth-order valence-electron chi connectivity index (χ4n) is 1.77. The molecule has 1 aliphatic heterocycles. The van der Waals surface area contributed by atoms with E-state index in [9.17, 15) is 4.79 Å². The fraction of sp³-hybridized carbons (Fsp3) is 0.462. The second-order valence-corrected chi connectivity index (χ2v) is 5.79. The molecule has 110 valence electrons. The number of carbonyl (C=O) groups is 1. The molecule has 0 saturated heterocycles. The van der Waals surface area contributed by atoms with Gasteiger partial charge in [-0.15, -0.1) is 0 Å². The van der Waals surface area contributed by atoms with E-state index in [0.717, 1.165) is 17.1 Å². The highest BCUT2D eigenvalue weighted by Crippen LogP contribution is 2.40. The maximum absolute atomic E-state index is 11.1. The van der Waals surface area contributed by atoms with Crippen molar-refractivity contribution < 1.29 is 19.0 Å². The summed E-state index contributed by atoms with van der Waals surface area (Å²) >= 11 is 7.78. The number of nitrogens with two attached hydrogens (primary N) is 1. The van der Waals surface area contributed by atoms with Crippen molar-refractivity contribution in [2.45, 2.75) is 18.2 Å². The maximum atomic E-state index is 11.1. The Morgan fingerprint density at radius 1 is 1.55 bits per heavy atom. The molecule has 1 unspecified atom stereocenters.